The van der Waals surface area contributed by atoms with Gasteiger partial charge < -0.3 is 29.7 Å². The average molecular weight is 677 g/mol. The van der Waals surface area contributed by atoms with Crippen molar-refractivity contribution in [3.8, 4) is 0 Å². The number of methoxy groups -OCH3 is 2. The van der Waals surface area contributed by atoms with Gasteiger partial charge in [0.15, 0.2) is 0 Å². The highest BCUT2D eigenvalue weighted by molar-refractivity contribution is 6.04. The van der Waals surface area contributed by atoms with Crippen molar-refractivity contribution in [3.05, 3.63) is 101 Å². The summed E-state index contributed by atoms with van der Waals surface area (Å²) in [6.45, 7) is 15.4. The highest BCUT2D eigenvalue weighted by Gasteiger charge is 2.53. The number of H-pyrrole nitrogens is 3. The predicted molar refractivity (Wildman–Crippen MR) is 201 cm³/mol. The van der Waals surface area contributed by atoms with Gasteiger partial charge in [0.25, 0.3) is 0 Å². The minimum Gasteiger partial charge on any atom is -0.466 e. The van der Waals surface area contributed by atoms with Crippen molar-refractivity contribution >= 4 is 36.2 Å². The van der Waals surface area contributed by atoms with Gasteiger partial charge in [-0.05, 0) is 115 Å². The second-order valence-electron chi connectivity index (χ2n) is 13.3. The molecular weight excluding hydrogens is 624 g/mol. The zero-order valence-corrected chi connectivity index (χ0v) is 31.2. The molecule has 1 aliphatic carbocycles. The summed E-state index contributed by atoms with van der Waals surface area (Å²) in [4.78, 5) is 38.6. The molecule has 1 unspecified atom stereocenters. The van der Waals surface area contributed by atoms with Crippen molar-refractivity contribution in [2.75, 3.05) is 14.2 Å². The Hall–Kier alpha value is -4.72. The number of aromatic amines is 3. The first-order valence-corrected chi connectivity index (χ1v) is 18.4. The number of rotatable bonds is 9. The monoisotopic (exact) mass is 676 g/mol. The van der Waals surface area contributed by atoms with Gasteiger partial charge in [-0.15, -0.1) is 0 Å². The highest BCUT2D eigenvalue weighted by Crippen LogP contribution is 2.57. The zero-order chi connectivity index (χ0) is 35.9. The molecule has 0 saturated carbocycles. The number of hydrogen-bond acceptors (Lipinski definition) is 5. The molecule has 3 aromatic heterocycles. The third kappa shape index (κ3) is 5.26. The zero-order valence-electron chi connectivity index (χ0n) is 31.2. The topological polar surface area (TPSA) is 112 Å². The Kier molecular flexibility index (Phi) is 9.75. The van der Waals surface area contributed by atoms with Crippen molar-refractivity contribution in [1.29, 1.82) is 0 Å². The fourth-order valence-corrected chi connectivity index (χ4v) is 8.95. The maximum atomic E-state index is 13.9. The first kappa shape index (κ1) is 35.1. The summed E-state index contributed by atoms with van der Waals surface area (Å²) in [6, 6.07) is 0. The van der Waals surface area contributed by atoms with Crippen LogP contribution in [0.4, 0.5) is 0 Å². The van der Waals surface area contributed by atoms with Gasteiger partial charge in [-0.1, -0.05) is 54.5 Å². The van der Waals surface area contributed by atoms with Gasteiger partial charge in [-0.25, -0.2) is 9.59 Å². The van der Waals surface area contributed by atoms with E-state index in [-0.39, 0.29) is 6.42 Å². The first-order chi connectivity index (χ1) is 24.2. The summed E-state index contributed by atoms with van der Waals surface area (Å²) in [5.74, 6) is -1.04. The number of carbonyl (C=O) groups excluding carboxylic acids is 2. The van der Waals surface area contributed by atoms with Crippen LogP contribution in [0.25, 0.3) is 24.3 Å². The van der Waals surface area contributed by atoms with E-state index in [1.165, 1.54) is 47.6 Å². The summed E-state index contributed by atoms with van der Waals surface area (Å²) in [6.07, 6.45) is 17.1. The molecule has 4 N–H and O–H groups in total. The third-order valence-corrected chi connectivity index (χ3v) is 11.2. The quantitative estimate of drug-likeness (QED) is 0.197. The van der Waals surface area contributed by atoms with Gasteiger partial charge in [-0.3, -0.25) is 0 Å². The minimum absolute atomic E-state index is 0.265. The van der Waals surface area contributed by atoms with Gasteiger partial charge in [0.2, 0.25) is 0 Å². The van der Waals surface area contributed by atoms with Crippen LogP contribution in [0.3, 0.4) is 0 Å². The summed E-state index contributed by atoms with van der Waals surface area (Å²) in [5, 5.41) is 6.07. The molecule has 5 heterocycles. The van der Waals surface area contributed by atoms with Crippen LogP contribution >= 0.6 is 0 Å². The van der Waals surface area contributed by atoms with E-state index in [1.807, 2.05) is 0 Å². The fraction of sp³-hybridized carbons (Fsp3) is 0.429. The van der Waals surface area contributed by atoms with Crippen molar-refractivity contribution in [3.63, 3.8) is 0 Å². The molecule has 1 atom stereocenters. The second kappa shape index (κ2) is 13.9. The number of esters is 2. The number of hydrogen-bond donors (Lipinski definition) is 4. The standard InChI is InChI=1S/C42H52N4O4/c1-10-23-24(11-2)32-20-34-27(14-5)28(15-6)36(45-34)22-38-42(16-7)30(18-17-29(40(47)49-8)39(42)41(48)50-9)37(46-38)21-35-26(13-4)25(12-3)33(44-35)19-31(23)43-32/h18-22,43-46H,10-17H2,1-9H3. The van der Waals surface area contributed by atoms with E-state index in [0.29, 0.717) is 17.6 Å². The molecule has 2 aliphatic heterocycles. The molecule has 264 valence electrons. The van der Waals surface area contributed by atoms with Gasteiger partial charge in [-0.2, -0.15) is 0 Å². The van der Waals surface area contributed by atoms with Crippen molar-refractivity contribution in [2.24, 2.45) is 5.41 Å². The molecule has 8 bridgehead atoms. The van der Waals surface area contributed by atoms with E-state index in [0.717, 1.165) is 89.0 Å². The van der Waals surface area contributed by atoms with Crippen LogP contribution in [-0.2, 0) is 57.6 Å². The third-order valence-electron chi connectivity index (χ3n) is 11.2. The van der Waals surface area contributed by atoms with E-state index in [9.17, 15) is 9.59 Å². The van der Waals surface area contributed by atoms with Gasteiger partial charge >= 0.3 is 11.9 Å². The van der Waals surface area contributed by atoms with E-state index >= 15 is 0 Å². The number of fused-ring (bicyclic) bond motifs is 11. The molecular formula is C42H52N4O4. The Bertz CT molecular complexity index is 2130. The lowest BCUT2D eigenvalue weighted by molar-refractivity contribution is -0.140. The number of aromatic nitrogens is 3. The van der Waals surface area contributed by atoms with Crippen LogP contribution in [-0.4, -0.2) is 41.1 Å². The Balaban J connectivity index is 1.79. The summed E-state index contributed by atoms with van der Waals surface area (Å²) < 4.78 is 10.7. The minimum atomic E-state index is -0.956. The smallest absolute Gasteiger partial charge is 0.335 e. The predicted octanol–water partition coefficient (Wildman–Crippen LogP) is 6.37. The van der Waals surface area contributed by atoms with E-state index in [1.54, 1.807) is 0 Å². The van der Waals surface area contributed by atoms with Crippen LogP contribution in [0.2, 0.25) is 0 Å². The van der Waals surface area contributed by atoms with Crippen LogP contribution in [0.15, 0.2) is 34.2 Å². The summed E-state index contributed by atoms with van der Waals surface area (Å²) in [7, 11) is 2.74. The van der Waals surface area contributed by atoms with Crippen LogP contribution in [0.5, 0.6) is 0 Å². The fourth-order valence-electron chi connectivity index (χ4n) is 8.95. The molecule has 3 aliphatic rings. The highest BCUT2D eigenvalue weighted by atomic mass is 16.5. The number of nitrogens with one attached hydrogen (secondary N) is 4. The second-order valence-corrected chi connectivity index (χ2v) is 13.3. The number of carbonyl (C=O) groups is 2. The number of ether oxygens (including phenoxy) is 2. The molecule has 6 rings (SSSR count). The molecule has 8 nitrogen and oxygen atoms in total. The Morgan fingerprint density at radius 3 is 1.52 bits per heavy atom. The van der Waals surface area contributed by atoms with Crippen LogP contribution in [0.1, 0.15) is 117 Å². The molecule has 1 saturated heterocycles. The lowest BCUT2D eigenvalue weighted by atomic mass is 9.65. The maximum Gasteiger partial charge on any atom is 0.335 e. The van der Waals surface area contributed by atoms with Crippen LogP contribution < -0.4 is 16.0 Å². The van der Waals surface area contributed by atoms with Gasteiger partial charge in [0.1, 0.15) is 0 Å². The molecule has 3 aromatic rings. The molecule has 50 heavy (non-hydrogen) atoms. The Labute approximate surface area is 295 Å². The lowest BCUT2D eigenvalue weighted by Gasteiger charge is -2.35. The molecule has 8 heteroatoms. The lowest BCUT2D eigenvalue weighted by Crippen LogP contribution is -2.35. The van der Waals surface area contributed by atoms with Gasteiger partial charge in [0.05, 0.1) is 30.8 Å². The van der Waals surface area contributed by atoms with E-state index in [4.69, 9.17) is 9.47 Å². The molecule has 0 amide bonds. The summed E-state index contributed by atoms with van der Waals surface area (Å²) in [5.41, 5.74) is 14.4. The molecule has 0 spiro atoms. The van der Waals surface area contributed by atoms with Crippen LogP contribution in [0, 0.1) is 5.41 Å². The van der Waals surface area contributed by atoms with Crippen molar-refractivity contribution in [2.45, 2.75) is 99.8 Å². The molecule has 0 radical (unpaired) electrons. The Morgan fingerprint density at radius 2 is 1.08 bits per heavy atom. The average Bonchev–Trinajstić information content (AvgIpc) is 3.84. The van der Waals surface area contributed by atoms with E-state index in [2.05, 4.69) is 99.1 Å². The largest absolute Gasteiger partial charge is 0.466 e. The number of allylic oxidation sites excluding steroid dienone is 3. The summed E-state index contributed by atoms with van der Waals surface area (Å²) >= 11 is 0. The molecule has 0 aromatic carbocycles. The van der Waals surface area contributed by atoms with Crippen molar-refractivity contribution < 1.29 is 19.1 Å². The first-order valence-electron chi connectivity index (χ1n) is 18.4. The van der Waals surface area contributed by atoms with Gasteiger partial charge in [0, 0.05) is 44.9 Å². The van der Waals surface area contributed by atoms with E-state index < -0.39 is 17.4 Å². The normalized spacial score (nSPS) is 18.0. The maximum absolute atomic E-state index is 13.9. The molecule has 1 fully saturated rings. The SMILES string of the molecule is CCc1c2[nH]c(c1CC)C=c1[nH]c(c(CC)c1CC)=Cc1[nH]c(c(CC)c1CC)C=C1NC(=C2)C2=CCC(C(=O)OC)=C(C(=O)OC)C12CC. The Morgan fingerprint density at radius 1 is 0.620 bits per heavy atom. The van der Waals surface area contributed by atoms with Crippen molar-refractivity contribution in [1.82, 2.24) is 20.3 Å².